The van der Waals surface area contributed by atoms with Gasteiger partial charge in [-0.15, -0.1) is 0 Å². The topological polar surface area (TPSA) is 70.2 Å². The van der Waals surface area contributed by atoms with E-state index < -0.39 is 12.2 Å². The molecule has 0 unspecified atom stereocenters. The third-order valence-electron chi connectivity index (χ3n) is 4.21. The molecule has 5 nitrogen and oxygen atoms in total. The number of benzene rings is 3. The predicted octanol–water partition coefficient (Wildman–Crippen LogP) is 5.93. The first-order chi connectivity index (χ1) is 15.5. The molecule has 0 atom stereocenters. The predicted molar refractivity (Wildman–Crippen MR) is 119 cm³/mol. The van der Waals surface area contributed by atoms with Gasteiger partial charge in [-0.05, 0) is 24.3 Å². The monoisotopic (exact) mass is 498 g/mol. The summed E-state index contributed by atoms with van der Waals surface area (Å²) in [7, 11) is -6.00. The molecular formula is C21H13BCl2F4N2O3. The number of nitro benzene ring substituents is 1. The fourth-order valence-electron chi connectivity index (χ4n) is 2.89. The van der Waals surface area contributed by atoms with E-state index in [0.717, 1.165) is 10.9 Å². The summed E-state index contributed by atoms with van der Waals surface area (Å²) >= 11 is 12.1. The zero-order valence-corrected chi connectivity index (χ0v) is 18.0. The highest BCUT2D eigenvalue weighted by molar-refractivity contribution is 6.50. The normalized spacial score (nSPS) is 11.8. The summed E-state index contributed by atoms with van der Waals surface area (Å²) in [5.74, 6) is 0.654. The molecule has 0 amide bonds. The molecule has 0 aliphatic carbocycles. The smallest absolute Gasteiger partial charge is 0.456 e. The van der Waals surface area contributed by atoms with Crippen molar-refractivity contribution < 1.29 is 31.6 Å². The molecule has 0 aliphatic rings. The van der Waals surface area contributed by atoms with Crippen molar-refractivity contribution in [3.8, 4) is 11.3 Å². The Hall–Kier alpha value is -3.37. The second-order valence-electron chi connectivity index (χ2n) is 6.57. The van der Waals surface area contributed by atoms with Crippen LogP contribution in [0.25, 0.3) is 22.3 Å². The Morgan fingerprint density at radius 3 is 2.21 bits per heavy atom. The Balaban J connectivity index is 0.000000555. The van der Waals surface area contributed by atoms with Crippen molar-refractivity contribution >= 4 is 52.8 Å². The standard InChI is InChI=1S/C21H12Cl2N2O3.BF4/c22-14-6-9-20-16(10-14)18(12-21(28-20)13-4-2-1-3-5-13)24-15-7-8-17(23)19(11-15)25(26)27;2-1(3,4)5/h1-12H;/q;-1/p+1. The number of nitrogens with zero attached hydrogens (tertiary/aromatic N) is 1. The van der Waals surface area contributed by atoms with Crippen molar-refractivity contribution in [3.05, 3.63) is 98.3 Å². The number of rotatable bonds is 3. The Bertz CT molecular complexity index is 1370. The fourth-order valence-corrected chi connectivity index (χ4v) is 3.25. The van der Waals surface area contributed by atoms with Crippen LogP contribution in [0.15, 0.2) is 77.2 Å². The van der Waals surface area contributed by atoms with Gasteiger partial charge in [0.2, 0.25) is 11.0 Å². The number of nitro groups is 1. The molecule has 4 rings (SSSR count). The fraction of sp³-hybridized carbons (Fsp3) is 0. The summed E-state index contributed by atoms with van der Waals surface area (Å²) in [5, 5.41) is 13.3. The van der Waals surface area contributed by atoms with Crippen LogP contribution in [0.2, 0.25) is 10.0 Å². The first kappa shape index (κ1) is 24.3. The second-order valence-corrected chi connectivity index (χ2v) is 7.42. The maximum absolute atomic E-state index is 11.2. The first-order valence-electron chi connectivity index (χ1n) is 9.21. The van der Waals surface area contributed by atoms with E-state index in [1.807, 2.05) is 36.4 Å². The molecule has 0 saturated heterocycles. The Kier molecular flexibility index (Phi) is 7.40. The van der Waals surface area contributed by atoms with Gasteiger partial charge in [-0.2, -0.15) is 0 Å². The van der Waals surface area contributed by atoms with E-state index in [0.29, 0.717) is 27.4 Å². The molecule has 170 valence electrons. The van der Waals surface area contributed by atoms with Crippen LogP contribution >= 0.6 is 23.2 Å². The Morgan fingerprint density at radius 1 is 0.909 bits per heavy atom. The van der Waals surface area contributed by atoms with Crippen LogP contribution in [0.1, 0.15) is 0 Å². The van der Waals surface area contributed by atoms with Gasteiger partial charge in [0.1, 0.15) is 16.4 Å². The molecular weight excluding hydrogens is 486 g/mol. The summed E-state index contributed by atoms with van der Waals surface area (Å²) < 4.78 is 45.0. The molecule has 4 aromatic rings. The highest BCUT2D eigenvalue weighted by atomic mass is 35.5. The first-order valence-corrected chi connectivity index (χ1v) is 9.97. The van der Waals surface area contributed by atoms with E-state index in [1.54, 1.807) is 24.3 Å². The molecule has 33 heavy (non-hydrogen) atoms. The summed E-state index contributed by atoms with van der Waals surface area (Å²) in [6.07, 6.45) is 0. The third kappa shape index (κ3) is 6.81. The zero-order valence-electron chi connectivity index (χ0n) is 16.4. The number of nitrogens with one attached hydrogen (secondary N) is 1. The van der Waals surface area contributed by atoms with Gasteiger partial charge in [0.15, 0.2) is 0 Å². The van der Waals surface area contributed by atoms with Crippen molar-refractivity contribution in [2.24, 2.45) is 0 Å². The van der Waals surface area contributed by atoms with E-state index in [2.05, 4.69) is 4.99 Å². The Morgan fingerprint density at radius 2 is 1.58 bits per heavy atom. The van der Waals surface area contributed by atoms with Crippen molar-refractivity contribution in [2.75, 3.05) is 0 Å². The molecule has 0 bridgehead atoms. The Labute approximate surface area is 194 Å². The van der Waals surface area contributed by atoms with Gasteiger partial charge >= 0.3 is 7.25 Å². The average Bonchev–Trinajstić information content (AvgIpc) is 2.74. The van der Waals surface area contributed by atoms with E-state index >= 15 is 0 Å². The summed E-state index contributed by atoms with van der Waals surface area (Å²) in [5.41, 5.74) is 1.90. The molecule has 3 aromatic carbocycles. The highest BCUT2D eigenvalue weighted by Gasteiger charge is 2.20. The van der Waals surface area contributed by atoms with Gasteiger partial charge in [0, 0.05) is 16.7 Å². The summed E-state index contributed by atoms with van der Waals surface area (Å²) in [4.78, 5) is 13.9. The van der Waals surface area contributed by atoms with Gasteiger partial charge in [0.25, 0.3) is 5.69 Å². The summed E-state index contributed by atoms with van der Waals surface area (Å²) in [6, 6.07) is 21.4. The number of hydrogen-bond donors (Lipinski definition) is 1. The van der Waals surface area contributed by atoms with Crippen LogP contribution in [-0.2, 0) is 0 Å². The lowest BCUT2D eigenvalue weighted by Gasteiger charge is -2.03. The molecule has 12 heteroatoms. The quantitative estimate of drug-likeness (QED) is 0.165. The van der Waals surface area contributed by atoms with Gasteiger partial charge in [-0.1, -0.05) is 53.5 Å². The van der Waals surface area contributed by atoms with Crippen LogP contribution in [0.4, 0.5) is 28.6 Å². The molecule has 0 fully saturated rings. The number of fused-ring (bicyclic) bond motifs is 1. The van der Waals surface area contributed by atoms with E-state index in [1.165, 1.54) is 12.1 Å². The zero-order chi connectivity index (χ0) is 24.2. The summed E-state index contributed by atoms with van der Waals surface area (Å²) in [6.45, 7) is 0. The molecule has 0 aliphatic heterocycles. The van der Waals surface area contributed by atoms with Gasteiger partial charge in [0.05, 0.1) is 22.4 Å². The number of halogens is 6. The molecule has 0 radical (unpaired) electrons. The van der Waals surface area contributed by atoms with E-state index in [9.17, 15) is 27.4 Å². The van der Waals surface area contributed by atoms with Crippen LogP contribution in [0.5, 0.6) is 0 Å². The average molecular weight is 499 g/mol. The van der Waals surface area contributed by atoms with Gasteiger partial charge < -0.3 is 21.7 Å². The highest BCUT2D eigenvalue weighted by Crippen LogP contribution is 2.26. The second kappa shape index (κ2) is 10.1. The lowest BCUT2D eigenvalue weighted by molar-refractivity contribution is -0.405. The molecule has 1 heterocycles. The van der Waals surface area contributed by atoms with Gasteiger partial charge in [-0.25, -0.2) is 4.99 Å². The third-order valence-corrected chi connectivity index (χ3v) is 4.76. The van der Waals surface area contributed by atoms with Crippen LogP contribution in [-0.4, -0.2) is 12.2 Å². The van der Waals surface area contributed by atoms with Crippen LogP contribution < -0.4 is 10.3 Å². The molecule has 0 spiro atoms. The van der Waals surface area contributed by atoms with Crippen LogP contribution in [0, 0.1) is 10.1 Å². The van der Waals surface area contributed by atoms with Gasteiger partial charge in [-0.3, -0.25) is 10.1 Å². The minimum atomic E-state index is -6.00. The minimum Gasteiger partial charge on any atom is -0.456 e. The number of hydrogen-bond acceptors (Lipinski definition) is 3. The molecule has 0 saturated carbocycles. The molecule has 1 N–H and O–H groups in total. The van der Waals surface area contributed by atoms with E-state index in [-0.39, 0.29) is 10.7 Å². The maximum Gasteiger partial charge on any atom is 0.673 e. The van der Waals surface area contributed by atoms with Crippen molar-refractivity contribution in [2.45, 2.75) is 0 Å². The van der Waals surface area contributed by atoms with E-state index in [4.69, 9.17) is 27.6 Å². The lowest BCUT2D eigenvalue weighted by Crippen LogP contribution is -2.70. The lowest BCUT2D eigenvalue weighted by atomic mass is 10.1. The van der Waals surface area contributed by atoms with Crippen LogP contribution in [0.3, 0.4) is 0 Å². The maximum atomic E-state index is 11.2. The largest absolute Gasteiger partial charge is 0.673 e. The minimum absolute atomic E-state index is 0.0801. The van der Waals surface area contributed by atoms with Crippen molar-refractivity contribution in [1.82, 2.24) is 0 Å². The SMILES string of the molecule is F[B-](F)(F)F.O=[N+]([O-])c1cc([NH+]=c2cc(-c3ccccc3)oc3ccc(Cl)cc23)ccc1Cl. The molecule has 1 aromatic heterocycles. The van der Waals surface area contributed by atoms with Crippen molar-refractivity contribution in [3.63, 3.8) is 0 Å². The van der Waals surface area contributed by atoms with Crippen molar-refractivity contribution in [1.29, 1.82) is 0 Å².